The maximum absolute atomic E-state index is 12.9. The fourth-order valence-electron chi connectivity index (χ4n) is 3.65. The van der Waals surface area contributed by atoms with Crippen LogP contribution in [0.2, 0.25) is 0 Å². The Bertz CT molecular complexity index is 1220. The summed E-state index contributed by atoms with van der Waals surface area (Å²) in [5.41, 5.74) is 2.99. The lowest BCUT2D eigenvalue weighted by atomic mass is 9.96. The molecule has 144 valence electrons. The third-order valence-electron chi connectivity index (χ3n) is 5.14. The predicted octanol–water partition coefficient (Wildman–Crippen LogP) is 1.89. The van der Waals surface area contributed by atoms with E-state index in [0.717, 1.165) is 57.7 Å². The summed E-state index contributed by atoms with van der Waals surface area (Å²) in [7, 11) is 2.05. The van der Waals surface area contributed by atoms with Crippen molar-refractivity contribution in [1.29, 1.82) is 0 Å². The van der Waals surface area contributed by atoms with Crippen LogP contribution in [0.5, 0.6) is 0 Å². The van der Waals surface area contributed by atoms with E-state index >= 15 is 0 Å². The molecule has 0 radical (unpaired) electrons. The van der Waals surface area contributed by atoms with Crippen LogP contribution in [-0.4, -0.2) is 54.8 Å². The van der Waals surface area contributed by atoms with Gasteiger partial charge >= 0.3 is 0 Å². The summed E-state index contributed by atoms with van der Waals surface area (Å²) in [5.74, 6) is 0.657. The van der Waals surface area contributed by atoms with Gasteiger partial charge in [-0.25, -0.2) is 9.97 Å². The predicted molar refractivity (Wildman–Crippen MR) is 122 cm³/mol. The summed E-state index contributed by atoms with van der Waals surface area (Å²) in [5, 5.41) is 8.53. The quantitative estimate of drug-likeness (QED) is 0.513. The van der Waals surface area contributed by atoms with Gasteiger partial charge in [-0.2, -0.15) is 0 Å². The zero-order valence-corrected chi connectivity index (χ0v) is 16.9. The van der Waals surface area contributed by atoms with Crippen molar-refractivity contribution in [1.82, 2.24) is 20.2 Å². The Kier molecular flexibility index (Phi) is 4.65. The van der Waals surface area contributed by atoms with Crippen molar-refractivity contribution < 1.29 is 4.79 Å². The molecule has 1 aliphatic heterocycles. The minimum atomic E-state index is 0.105. The van der Waals surface area contributed by atoms with E-state index in [0.29, 0.717) is 5.95 Å². The van der Waals surface area contributed by atoms with Crippen molar-refractivity contribution in [2.45, 2.75) is 0 Å². The molecule has 5 rings (SSSR count). The third kappa shape index (κ3) is 3.57. The summed E-state index contributed by atoms with van der Waals surface area (Å²) in [6.45, 7) is 3.20. The lowest BCUT2D eigenvalue weighted by Crippen LogP contribution is -2.46. The molecule has 1 fully saturated rings. The SMILES string of the molecule is Bc1cccc(Nc2ncc3ccc4sc(C(=O)N5CCNCC5)cc4c3n2)c1. The van der Waals surface area contributed by atoms with Crippen LogP contribution in [0.15, 0.2) is 48.7 Å². The van der Waals surface area contributed by atoms with Gasteiger partial charge in [0.05, 0.1) is 10.4 Å². The summed E-state index contributed by atoms with van der Waals surface area (Å²) in [4.78, 5) is 24.8. The first-order valence-corrected chi connectivity index (χ1v) is 10.5. The van der Waals surface area contributed by atoms with Crippen LogP contribution in [-0.2, 0) is 0 Å². The largest absolute Gasteiger partial charge is 0.335 e. The molecule has 3 heterocycles. The molecule has 1 saturated heterocycles. The van der Waals surface area contributed by atoms with Gasteiger partial charge in [-0.15, -0.1) is 11.3 Å². The highest BCUT2D eigenvalue weighted by Gasteiger charge is 2.20. The maximum Gasteiger partial charge on any atom is 0.264 e. The van der Waals surface area contributed by atoms with Crippen molar-refractivity contribution >= 4 is 63.2 Å². The van der Waals surface area contributed by atoms with Crippen molar-refractivity contribution in [2.24, 2.45) is 0 Å². The molecule has 2 aromatic carbocycles. The van der Waals surface area contributed by atoms with Crippen molar-refractivity contribution in [3.05, 3.63) is 53.5 Å². The Morgan fingerprint density at radius 3 is 2.86 bits per heavy atom. The Morgan fingerprint density at radius 2 is 2.03 bits per heavy atom. The number of amides is 1. The molecule has 8 heteroatoms. The number of benzene rings is 2. The molecule has 1 aliphatic rings. The van der Waals surface area contributed by atoms with Gasteiger partial charge in [0.15, 0.2) is 0 Å². The van der Waals surface area contributed by atoms with Gasteiger partial charge in [-0.05, 0) is 30.3 Å². The molecule has 0 atom stereocenters. The molecule has 1 amide bonds. The molecule has 6 nitrogen and oxygen atoms in total. The number of piperazine rings is 1. The van der Waals surface area contributed by atoms with Gasteiger partial charge in [0, 0.05) is 53.5 Å². The van der Waals surface area contributed by atoms with Gasteiger partial charge in [0.1, 0.15) is 7.85 Å². The first-order chi connectivity index (χ1) is 14.2. The second kappa shape index (κ2) is 7.46. The maximum atomic E-state index is 12.9. The van der Waals surface area contributed by atoms with E-state index in [1.807, 2.05) is 41.4 Å². The van der Waals surface area contributed by atoms with Crippen LogP contribution < -0.4 is 16.1 Å². The van der Waals surface area contributed by atoms with Crippen molar-refractivity contribution in [2.75, 3.05) is 31.5 Å². The molecule has 2 N–H and O–H groups in total. The summed E-state index contributed by atoms with van der Waals surface area (Å²) in [6.07, 6.45) is 1.83. The topological polar surface area (TPSA) is 70.2 Å². The molecular formula is C21H20BN5OS. The Labute approximate surface area is 173 Å². The van der Waals surface area contributed by atoms with Crippen LogP contribution in [0.25, 0.3) is 21.0 Å². The number of hydrogen-bond acceptors (Lipinski definition) is 6. The summed E-state index contributed by atoms with van der Waals surface area (Å²) < 4.78 is 1.07. The van der Waals surface area contributed by atoms with Gasteiger partial charge in [-0.3, -0.25) is 4.79 Å². The lowest BCUT2D eigenvalue weighted by Gasteiger charge is -2.26. The zero-order valence-electron chi connectivity index (χ0n) is 16.1. The zero-order chi connectivity index (χ0) is 19.8. The normalized spacial score (nSPS) is 14.4. The molecule has 4 aromatic rings. The van der Waals surface area contributed by atoms with Gasteiger partial charge in [0.2, 0.25) is 5.95 Å². The number of carbonyl (C=O) groups is 1. The molecule has 2 aromatic heterocycles. The molecule has 0 unspecified atom stereocenters. The fraction of sp³-hybridized carbons (Fsp3) is 0.190. The average molecular weight is 401 g/mol. The number of carbonyl (C=O) groups excluding carboxylic acids is 1. The first kappa shape index (κ1) is 18.1. The lowest BCUT2D eigenvalue weighted by molar-refractivity contribution is 0.0741. The second-order valence-corrected chi connectivity index (χ2v) is 8.34. The Morgan fingerprint density at radius 1 is 1.17 bits per heavy atom. The number of hydrogen-bond donors (Lipinski definition) is 2. The molecule has 0 saturated carbocycles. The number of nitrogens with one attached hydrogen (secondary N) is 2. The molecule has 0 aliphatic carbocycles. The monoisotopic (exact) mass is 401 g/mol. The number of rotatable bonds is 3. The van der Waals surface area contributed by atoms with Crippen LogP contribution in [0.4, 0.5) is 11.6 Å². The molecule has 0 bridgehead atoms. The van der Waals surface area contributed by atoms with Crippen LogP contribution in [0, 0.1) is 0 Å². The van der Waals surface area contributed by atoms with Crippen LogP contribution >= 0.6 is 11.3 Å². The highest BCUT2D eigenvalue weighted by Crippen LogP contribution is 2.32. The van der Waals surface area contributed by atoms with Crippen LogP contribution in [0.3, 0.4) is 0 Å². The standard InChI is InChI=1S/C21H20BN5OS/c22-14-2-1-3-15(10-14)25-21-24-12-13-4-5-17-16(19(13)26-21)11-18(29-17)20(28)27-8-6-23-7-9-27/h1-5,10-12,23H,6-9,22H2,(H,24,25,26). The number of nitrogens with zero attached hydrogens (tertiary/aromatic N) is 3. The number of thiophene rings is 1. The van der Waals surface area contributed by atoms with E-state index < -0.39 is 0 Å². The van der Waals surface area contributed by atoms with Crippen molar-refractivity contribution in [3.8, 4) is 0 Å². The molecular weight excluding hydrogens is 381 g/mol. The minimum absolute atomic E-state index is 0.105. The van der Waals surface area contributed by atoms with E-state index in [-0.39, 0.29) is 5.91 Å². The average Bonchev–Trinajstić information content (AvgIpc) is 3.19. The molecule has 29 heavy (non-hydrogen) atoms. The number of fused-ring (bicyclic) bond motifs is 3. The second-order valence-electron chi connectivity index (χ2n) is 7.26. The first-order valence-electron chi connectivity index (χ1n) is 9.70. The Hall–Kier alpha value is -2.97. The van der Waals surface area contributed by atoms with Gasteiger partial charge in [-0.1, -0.05) is 17.6 Å². The summed E-state index contributed by atoms with van der Waals surface area (Å²) >= 11 is 1.53. The van der Waals surface area contributed by atoms with E-state index in [1.54, 1.807) is 0 Å². The van der Waals surface area contributed by atoms with Gasteiger partial charge in [0.25, 0.3) is 5.91 Å². The fourth-order valence-corrected chi connectivity index (χ4v) is 4.68. The highest BCUT2D eigenvalue weighted by atomic mass is 32.1. The summed E-state index contributed by atoms with van der Waals surface area (Å²) in [6, 6.07) is 14.2. The van der Waals surface area contributed by atoms with E-state index in [2.05, 4.69) is 35.6 Å². The van der Waals surface area contributed by atoms with E-state index in [4.69, 9.17) is 4.98 Å². The van der Waals surface area contributed by atoms with Crippen molar-refractivity contribution in [3.63, 3.8) is 0 Å². The molecule has 0 spiro atoms. The van der Waals surface area contributed by atoms with Gasteiger partial charge < -0.3 is 15.5 Å². The third-order valence-corrected chi connectivity index (χ3v) is 6.22. The smallest absolute Gasteiger partial charge is 0.264 e. The Balaban J connectivity index is 1.52. The number of aromatic nitrogens is 2. The van der Waals surface area contributed by atoms with Crippen LogP contribution in [0.1, 0.15) is 9.67 Å². The van der Waals surface area contributed by atoms with E-state index in [1.165, 1.54) is 16.8 Å². The number of anilines is 2. The van der Waals surface area contributed by atoms with E-state index in [9.17, 15) is 4.79 Å². The highest BCUT2D eigenvalue weighted by molar-refractivity contribution is 7.21. The minimum Gasteiger partial charge on any atom is -0.335 e.